The van der Waals surface area contributed by atoms with Crippen LogP contribution in [-0.2, 0) is 0 Å². The lowest BCUT2D eigenvalue weighted by molar-refractivity contribution is 0.666. The van der Waals surface area contributed by atoms with Crippen LogP contribution in [0, 0.1) is 6.92 Å². The average Bonchev–Trinajstić information content (AvgIpc) is 2.36. The maximum absolute atomic E-state index is 5.98. The van der Waals surface area contributed by atoms with Gasteiger partial charge in [0.25, 0.3) is 0 Å². The SMILES string of the molecule is CNC(c1cc(C)cnc1N)c1ncc(Br)cc1Br. The highest BCUT2D eigenvalue weighted by atomic mass is 79.9. The second-order valence-corrected chi connectivity index (χ2v) is 6.00. The summed E-state index contributed by atoms with van der Waals surface area (Å²) < 4.78 is 1.84. The van der Waals surface area contributed by atoms with Crippen molar-refractivity contribution in [3.8, 4) is 0 Å². The summed E-state index contributed by atoms with van der Waals surface area (Å²) in [4.78, 5) is 8.66. The second-order valence-electron chi connectivity index (χ2n) is 4.23. The van der Waals surface area contributed by atoms with E-state index in [1.54, 1.807) is 12.4 Å². The van der Waals surface area contributed by atoms with Crippen LogP contribution in [0.15, 0.2) is 33.5 Å². The van der Waals surface area contributed by atoms with Crippen molar-refractivity contribution in [1.82, 2.24) is 15.3 Å². The van der Waals surface area contributed by atoms with Gasteiger partial charge in [0.2, 0.25) is 0 Å². The molecule has 2 aromatic heterocycles. The Bertz CT molecular complexity index is 601. The van der Waals surface area contributed by atoms with Gasteiger partial charge in [0.15, 0.2) is 0 Å². The largest absolute Gasteiger partial charge is 0.383 e. The summed E-state index contributed by atoms with van der Waals surface area (Å²) in [6, 6.07) is 3.89. The molecule has 0 saturated heterocycles. The highest BCUT2D eigenvalue weighted by Gasteiger charge is 2.19. The molecule has 1 unspecified atom stereocenters. The highest BCUT2D eigenvalue weighted by molar-refractivity contribution is 9.11. The molecule has 3 N–H and O–H groups in total. The highest BCUT2D eigenvalue weighted by Crippen LogP contribution is 2.30. The van der Waals surface area contributed by atoms with Gasteiger partial charge in [-0.25, -0.2) is 4.98 Å². The molecule has 0 spiro atoms. The molecule has 0 fully saturated rings. The van der Waals surface area contributed by atoms with Gasteiger partial charge in [-0.05, 0) is 63.5 Å². The number of hydrogen-bond acceptors (Lipinski definition) is 4. The van der Waals surface area contributed by atoms with Gasteiger partial charge in [-0.1, -0.05) is 0 Å². The Morgan fingerprint density at radius 2 is 1.95 bits per heavy atom. The minimum absolute atomic E-state index is 0.102. The van der Waals surface area contributed by atoms with Crippen molar-refractivity contribution < 1.29 is 0 Å². The summed E-state index contributed by atoms with van der Waals surface area (Å²) in [7, 11) is 1.88. The van der Waals surface area contributed by atoms with E-state index >= 15 is 0 Å². The van der Waals surface area contributed by atoms with Crippen molar-refractivity contribution in [3.63, 3.8) is 0 Å². The maximum Gasteiger partial charge on any atom is 0.128 e. The average molecular weight is 386 g/mol. The van der Waals surface area contributed by atoms with Crippen LogP contribution in [0.1, 0.15) is 22.9 Å². The Labute approximate surface area is 129 Å². The van der Waals surface area contributed by atoms with Crippen molar-refractivity contribution in [2.75, 3.05) is 12.8 Å². The van der Waals surface area contributed by atoms with Crippen LogP contribution in [0.4, 0.5) is 5.82 Å². The van der Waals surface area contributed by atoms with Gasteiger partial charge in [-0.15, -0.1) is 0 Å². The Balaban J connectivity index is 2.52. The normalized spacial score (nSPS) is 12.4. The van der Waals surface area contributed by atoms with Crippen molar-refractivity contribution >= 4 is 37.7 Å². The van der Waals surface area contributed by atoms with Crippen LogP contribution in [0.5, 0.6) is 0 Å². The number of nitrogen functional groups attached to an aromatic ring is 1. The van der Waals surface area contributed by atoms with Crippen molar-refractivity contribution in [3.05, 3.63) is 50.3 Å². The fraction of sp³-hybridized carbons (Fsp3) is 0.231. The van der Waals surface area contributed by atoms with Gasteiger partial charge in [0, 0.05) is 26.9 Å². The summed E-state index contributed by atoms with van der Waals surface area (Å²) >= 11 is 6.93. The molecule has 0 saturated carbocycles. The molecule has 1 atom stereocenters. The van der Waals surface area contributed by atoms with E-state index < -0.39 is 0 Å². The molecule has 0 amide bonds. The number of aryl methyl sites for hydroxylation is 1. The monoisotopic (exact) mass is 384 g/mol. The molecule has 2 aromatic rings. The van der Waals surface area contributed by atoms with Crippen molar-refractivity contribution in [1.29, 1.82) is 0 Å². The van der Waals surface area contributed by atoms with Gasteiger partial charge in [0.05, 0.1) is 11.7 Å². The minimum atomic E-state index is -0.102. The van der Waals surface area contributed by atoms with Gasteiger partial charge < -0.3 is 11.1 Å². The Morgan fingerprint density at radius 3 is 2.58 bits per heavy atom. The lowest BCUT2D eigenvalue weighted by Crippen LogP contribution is -2.21. The Hall–Kier alpha value is -0.980. The number of pyridine rings is 2. The smallest absolute Gasteiger partial charge is 0.128 e. The third-order valence-corrected chi connectivity index (χ3v) is 3.86. The van der Waals surface area contributed by atoms with Gasteiger partial charge >= 0.3 is 0 Å². The van der Waals surface area contributed by atoms with Crippen molar-refractivity contribution in [2.24, 2.45) is 0 Å². The second kappa shape index (κ2) is 5.98. The lowest BCUT2D eigenvalue weighted by Gasteiger charge is -2.19. The zero-order valence-electron chi connectivity index (χ0n) is 10.6. The molecule has 2 rings (SSSR count). The standard InChI is InChI=1S/C13H14Br2N4/c1-7-3-9(13(16)19-5-7)11(17-2)12-10(15)4-8(14)6-18-12/h3-6,11,17H,1-2H3,(H2,16,19). The number of anilines is 1. The number of nitrogens with zero attached hydrogens (tertiary/aromatic N) is 2. The van der Waals surface area contributed by atoms with Crippen LogP contribution in [0.25, 0.3) is 0 Å². The molecule has 0 aliphatic carbocycles. The number of rotatable bonds is 3. The number of nitrogens with one attached hydrogen (secondary N) is 1. The van der Waals surface area contributed by atoms with Gasteiger partial charge in [0.1, 0.15) is 5.82 Å². The van der Waals surface area contributed by atoms with Crippen LogP contribution in [0.2, 0.25) is 0 Å². The molecule has 19 heavy (non-hydrogen) atoms. The Morgan fingerprint density at radius 1 is 1.21 bits per heavy atom. The lowest BCUT2D eigenvalue weighted by atomic mass is 10.0. The van der Waals surface area contributed by atoms with Crippen LogP contribution in [0.3, 0.4) is 0 Å². The zero-order chi connectivity index (χ0) is 14.0. The van der Waals surface area contributed by atoms with Gasteiger partial charge in [-0.2, -0.15) is 0 Å². The predicted octanol–water partition coefficient (Wildman–Crippen LogP) is 3.20. The fourth-order valence-corrected chi connectivity index (χ4v) is 3.13. The molecule has 0 aromatic carbocycles. The summed E-state index contributed by atoms with van der Waals surface area (Å²) in [6.07, 6.45) is 3.53. The molecule has 6 heteroatoms. The molecule has 0 aliphatic rings. The van der Waals surface area contributed by atoms with E-state index in [9.17, 15) is 0 Å². The molecule has 4 nitrogen and oxygen atoms in total. The molecule has 0 aliphatic heterocycles. The summed E-state index contributed by atoms with van der Waals surface area (Å²) in [5.41, 5.74) is 8.86. The third kappa shape index (κ3) is 3.13. The van der Waals surface area contributed by atoms with E-state index in [1.807, 2.05) is 26.1 Å². The van der Waals surface area contributed by atoms with Crippen LogP contribution < -0.4 is 11.1 Å². The quantitative estimate of drug-likeness (QED) is 0.851. The summed E-state index contributed by atoms with van der Waals surface area (Å²) in [5, 5.41) is 3.24. The third-order valence-electron chi connectivity index (χ3n) is 2.80. The van der Waals surface area contributed by atoms with E-state index in [1.165, 1.54) is 0 Å². The zero-order valence-corrected chi connectivity index (χ0v) is 13.8. The number of aromatic nitrogens is 2. The van der Waals surface area contributed by atoms with Crippen molar-refractivity contribution in [2.45, 2.75) is 13.0 Å². The summed E-state index contributed by atoms with van der Waals surface area (Å²) in [6.45, 7) is 1.99. The fourth-order valence-electron chi connectivity index (χ4n) is 1.91. The minimum Gasteiger partial charge on any atom is -0.383 e. The van der Waals surface area contributed by atoms with Crippen LogP contribution in [-0.4, -0.2) is 17.0 Å². The molecular weight excluding hydrogens is 372 g/mol. The molecule has 2 heterocycles. The first kappa shape index (κ1) is 14.4. The molecule has 0 radical (unpaired) electrons. The summed E-state index contributed by atoms with van der Waals surface area (Å²) in [5.74, 6) is 0.515. The number of hydrogen-bond donors (Lipinski definition) is 2. The number of halogens is 2. The van der Waals surface area contributed by atoms with E-state index in [-0.39, 0.29) is 6.04 Å². The molecule has 100 valence electrons. The molecule has 0 bridgehead atoms. The maximum atomic E-state index is 5.98. The Kier molecular flexibility index (Phi) is 4.54. The van der Waals surface area contributed by atoms with E-state index in [0.29, 0.717) is 5.82 Å². The van der Waals surface area contributed by atoms with Gasteiger partial charge in [-0.3, -0.25) is 4.98 Å². The first-order valence-corrected chi connectivity index (χ1v) is 7.31. The van der Waals surface area contributed by atoms with E-state index in [2.05, 4.69) is 47.1 Å². The first-order valence-electron chi connectivity index (χ1n) is 5.73. The van der Waals surface area contributed by atoms with E-state index in [0.717, 1.165) is 25.8 Å². The van der Waals surface area contributed by atoms with Crippen LogP contribution >= 0.6 is 31.9 Å². The van der Waals surface area contributed by atoms with E-state index in [4.69, 9.17) is 5.73 Å². The first-order chi connectivity index (χ1) is 9.02. The predicted molar refractivity (Wildman–Crippen MR) is 83.9 cm³/mol. The molecular formula is C13H14Br2N4. The number of nitrogens with two attached hydrogens (primary N) is 1. The topological polar surface area (TPSA) is 63.8 Å².